The van der Waals surface area contributed by atoms with Crippen molar-refractivity contribution in [2.75, 3.05) is 53.4 Å². The average Bonchev–Trinajstić information content (AvgIpc) is 2.47. The summed E-state index contributed by atoms with van der Waals surface area (Å²) in [4.78, 5) is 19.8. The monoisotopic (exact) mass is 299 g/mol. The lowest BCUT2D eigenvalue weighted by Gasteiger charge is -2.18. The normalized spacial score (nSPS) is 11.6. The summed E-state index contributed by atoms with van der Waals surface area (Å²) in [5, 5.41) is 6.43. The van der Waals surface area contributed by atoms with E-state index in [4.69, 9.17) is 0 Å². The number of carbonyl (C=O) groups is 1. The summed E-state index contributed by atoms with van der Waals surface area (Å²) < 4.78 is 0. The van der Waals surface area contributed by atoms with Gasteiger partial charge in [-0.25, -0.2) is 4.99 Å². The molecule has 0 aromatic rings. The van der Waals surface area contributed by atoms with Crippen LogP contribution in [0.5, 0.6) is 0 Å². The van der Waals surface area contributed by atoms with E-state index in [9.17, 15) is 4.79 Å². The van der Waals surface area contributed by atoms with Crippen molar-refractivity contribution in [2.24, 2.45) is 4.99 Å². The summed E-state index contributed by atoms with van der Waals surface area (Å²) in [6.07, 6.45) is 2.27. The standard InChI is InChI=1S/C15H33N5O/c1-6-16-15(18-13-14(21)19(4)5)17-11-9-10-12-20(7-2)8-3/h6-13H2,1-5H3,(H2,16,17,18). The molecular weight excluding hydrogens is 266 g/mol. The van der Waals surface area contributed by atoms with Crippen molar-refractivity contribution in [2.45, 2.75) is 33.6 Å². The van der Waals surface area contributed by atoms with E-state index in [0.29, 0.717) is 0 Å². The molecule has 0 aromatic heterocycles. The van der Waals surface area contributed by atoms with Gasteiger partial charge in [0.1, 0.15) is 6.54 Å². The quantitative estimate of drug-likeness (QED) is 0.355. The highest BCUT2D eigenvalue weighted by Gasteiger charge is 2.04. The Bertz CT molecular complexity index is 300. The Morgan fingerprint density at radius 1 is 1.05 bits per heavy atom. The molecule has 0 spiro atoms. The minimum Gasteiger partial charge on any atom is -0.357 e. The van der Waals surface area contributed by atoms with Crippen LogP contribution in [0.2, 0.25) is 0 Å². The second-order valence-electron chi connectivity index (χ2n) is 5.14. The van der Waals surface area contributed by atoms with Gasteiger partial charge in [-0.1, -0.05) is 13.8 Å². The van der Waals surface area contributed by atoms with Gasteiger partial charge in [-0.3, -0.25) is 4.79 Å². The summed E-state index contributed by atoms with van der Waals surface area (Å²) in [6, 6.07) is 0. The van der Waals surface area contributed by atoms with Crippen molar-refractivity contribution in [3.63, 3.8) is 0 Å². The lowest BCUT2D eigenvalue weighted by atomic mass is 10.3. The number of unbranched alkanes of at least 4 members (excludes halogenated alkanes) is 1. The smallest absolute Gasteiger partial charge is 0.243 e. The first-order valence-electron chi connectivity index (χ1n) is 7.99. The van der Waals surface area contributed by atoms with Crippen LogP contribution in [-0.4, -0.2) is 75.0 Å². The van der Waals surface area contributed by atoms with Gasteiger partial charge in [-0.05, 0) is 39.4 Å². The highest BCUT2D eigenvalue weighted by Crippen LogP contribution is 1.94. The van der Waals surface area contributed by atoms with Crippen LogP contribution in [-0.2, 0) is 4.79 Å². The second-order valence-corrected chi connectivity index (χ2v) is 5.14. The molecule has 0 aliphatic rings. The molecule has 2 N–H and O–H groups in total. The number of carbonyl (C=O) groups excluding carboxylic acids is 1. The molecule has 0 bridgehead atoms. The molecule has 0 rings (SSSR count). The van der Waals surface area contributed by atoms with Crippen molar-refractivity contribution < 1.29 is 4.79 Å². The predicted octanol–water partition coefficient (Wildman–Crippen LogP) is 0.752. The summed E-state index contributed by atoms with van der Waals surface area (Å²) in [7, 11) is 3.48. The molecule has 21 heavy (non-hydrogen) atoms. The van der Waals surface area contributed by atoms with Crippen LogP contribution < -0.4 is 10.6 Å². The lowest BCUT2D eigenvalue weighted by Crippen LogP contribution is -2.39. The Labute approximate surface area is 130 Å². The van der Waals surface area contributed by atoms with E-state index in [1.807, 2.05) is 6.92 Å². The second kappa shape index (κ2) is 12.4. The van der Waals surface area contributed by atoms with E-state index in [0.717, 1.165) is 45.1 Å². The van der Waals surface area contributed by atoms with Gasteiger partial charge >= 0.3 is 0 Å². The Kier molecular flexibility index (Phi) is 11.7. The Morgan fingerprint density at radius 3 is 2.24 bits per heavy atom. The third-order valence-corrected chi connectivity index (χ3v) is 3.30. The molecule has 0 heterocycles. The first kappa shape index (κ1) is 19.7. The summed E-state index contributed by atoms with van der Waals surface area (Å²) in [5.74, 6) is 0.726. The zero-order valence-corrected chi connectivity index (χ0v) is 14.4. The fraction of sp³-hybridized carbons (Fsp3) is 0.867. The molecule has 0 atom stereocenters. The van der Waals surface area contributed by atoms with Gasteiger partial charge in [0.05, 0.1) is 0 Å². The number of hydrogen-bond acceptors (Lipinski definition) is 3. The Balaban J connectivity index is 3.99. The fourth-order valence-electron chi connectivity index (χ4n) is 1.84. The molecule has 0 aliphatic heterocycles. The molecule has 0 aromatic carbocycles. The maximum atomic E-state index is 11.5. The first-order chi connectivity index (χ1) is 10.0. The highest BCUT2D eigenvalue weighted by molar-refractivity contribution is 5.84. The third kappa shape index (κ3) is 10.1. The SMILES string of the molecule is CCNC(=NCC(=O)N(C)C)NCCCCN(CC)CC. The van der Waals surface area contributed by atoms with Gasteiger partial charge in [-0.15, -0.1) is 0 Å². The molecule has 124 valence electrons. The number of likely N-dealkylation sites (N-methyl/N-ethyl adjacent to an activating group) is 1. The van der Waals surface area contributed by atoms with E-state index in [1.54, 1.807) is 19.0 Å². The Morgan fingerprint density at radius 2 is 1.71 bits per heavy atom. The summed E-state index contributed by atoms with van der Waals surface area (Å²) >= 11 is 0. The molecule has 0 aliphatic carbocycles. The zero-order chi connectivity index (χ0) is 16.1. The van der Waals surface area contributed by atoms with Crippen LogP contribution in [0, 0.1) is 0 Å². The topological polar surface area (TPSA) is 60.0 Å². The molecular formula is C15H33N5O. The number of nitrogens with one attached hydrogen (secondary N) is 2. The summed E-state index contributed by atoms with van der Waals surface area (Å²) in [6.45, 7) is 11.6. The predicted molar refractivity (Wildman–Crippen MR) is 89.7 cm³/mol. The Hall–Kier alpha value is -1.30. The molecule has 6 heteroatoms. The summed E-state index contributed by atoms with van der Waals surface area (Å²) in [5.41, 5.74) is 0. The van der Waals surface area contributed by atoms with E-state index in [2.05, 4.69) is 34.4 Å². The van der Waals surface area contributed by atoms with Crippen LogP contribution in [0.4, 0.5) is 0 Å². The van der Waals surface area contributed by atoms with E-state index in [-0.39, 0.29) is 12.5 Å². The van der Waals surface area contributed by atoms with Gasteiger partial charge in [0.2, 0.25) is 5.91 Å². The van der Waals surface area contributed by atoms with Crippen molar-refractivity contribution in [1.29, 1.82) is 0 Å². The number of nitrogens with zero attached hydrogens (tertiary/aromatic N) is 3. The van der Waals surface area contributed by atoms with Crippen LogP contribution in [0.25, 0.3) is 0 Å². The first-order valence-corrected chi connectivity index (χ1v) is 7.99. The van der Waals surface area contributed by atoms with Gasteiger partial charge in [0.15, 0.2) is 5.96 Å². The molecule has 6 nitrogen and oxygen atoms in total. The van der Waals surface area contributed by atoms with Gasteiger partial charge in [0, 0.05) is 27.2 Å². The van der Waals surface area contributed by atoms with Crippen molar-refractivity contribution in [3.05, 3.63) is 0 Å². The number of rotatable bonds is 10. The van der Waals surface area contributed by atoms with Crippen molar-refractivity contribution in [1.82, 2.24) is 20.4 Å². The van der Waals surface area contributed by atoms with E-state index < -0.39 is 0 Å². The van der Waals surface area contributed by atoms with Crippen LogP contribution in [0.3, 0.4) is 0 Å². The van der Waals surface area contributed by atoms with E-state index in [1.165, 1.54) is 6.42 Å². The number of aliphatic imine (C=N–C) groups is 1. The largest absolute Gasteiger partial charge is 0.357 e. The molecule has 0 fully saturated rings. The van der Waals surface area contributed by atoms with Gasteiger partial charge < -0.3 is 20.4 Å². The number of hydrogen-bond donors (Lipinski definition) is 2. The van der Waals surface area contributed by atoms with Gasteiger partial charge in [0.25, 0.3) is 0 Å². The van der Waals surface area contributed by atoms with Crippen LogP contribution >= 0.6 is 0 Å². The molecule has 0 unspecified atom stereocenters. The third-order valence-electron chi connectivity index (χ3n) is 3.30. The molecule has 0 radical (unpaired) electrons. The highest BCUT2D eigenvalue weighted by atomic mass is 16.2. The zero-order valence-electron chi connectivity index (χ0n) is 14.4. The number of guanidine groups is 1. The van der Waals surface area contributed by atoms with Crippen molar-refractivity contribution in [3.8, 4) is 0 Å². The fourth-order valence-corrected chi connectivity index (χ4v) is 1.84. The van der Waals surface area contributed by atoms with Gasteiger partial charge in [-0.2, -0.15) is 0 Å². The number of amides is 1. The van der Waals surface area contributed by atoms with Crippen LogP contribution in [0.15, 0.2) is 4.99 Å². The molecule has 0 saturated heterocycles. The molecule has 0 saturated carbocycles. The average molecular weight is 299 g/mol. The lowest BCUT2D eigenvalue weighted by molar-refractivity contribution is -0.127. The van der Waals surface area contributed by atoms with E-state index >= 15 is 0 Å². The molecule has 1 amide bonds. The minimum absolute atomic E-state index is 0.00809. The maximum Gasteiger partial charge on any atom is 0.243 e. The maximum absolute atomic E-state index is 11.5. The van der Waals surface area contributed by atoms with Crippen LogP contribution in [0.1, 0.15) is 33.6 Å². The van der Waals surface area contributed by atoms with Crippen molar-refractivity contribution >= 4 is 11.9 Å². The minimum atomic E-state index is 0.00809.